The summed E-state index contributed by atoms with van der Waals surface area (Å²) in [4.78, 5) is 9.52. The molecule has 0 radical (unpaired) electrons. The Hall–Kier alpha value is -1.09. The third-order valence-corrected chi connectivity index (χ3v) is 1.93. The third kappa shape index (κ3) is 1.74. The summed E-state index contributed by atoms with van der Waals surface area (Å²) in [6.45, 7) is 2.07. The molecule has 2 rings (SSSR count). The summed E-state index contributed by atoms with van der Waals surface area (Å²) in [6.07, 6.45) is 5.95. The molecule has 0 amide bonds. The first-order valence-electron chi connectivity index (χ1n) is 4.28. The number of hydroxylamine groups is 2. The molecule has 0 aliphatic carbocycles. The second kappa shape index (κ2) is 3.54. The zero-order chi connectivity index (χ0) is 8.23. The quantitative estimate of drug-likeness (QED) is 0.661. The topological polar surface area (TPSA) is 25.4 Å². The zero-order valence-corrected chi connectivity index (χ0v) is 6.94. The normalized spacial score (nSPS) is 18.0. The number of pyridine rings is 1. The van der Waals surface area contributed by atoms with Crippen molar-refractivity contribution in [1.82, 2.24) is 10.0 Å². The summed E-state index contributed by atoms with van der Waals surface area (Å²) < 4.78 is 0. The van der Waals surface area contributed by atoms with Crippen molar-refractivity contribution in [3.8, 4) is 5.75 Å². The number of hydrogen-bond acceptors (Lipinski definition) is 3. The van der Waals surface area contributed by atoms with Gasteiger partial charge in [0.05, 0.1) is 6.20 Å². The molecule has 2 heterocycles. The van der Waals surface area contributed by atoms with Gasteiger partial charge in [0.25, 0.3) is 0 Å². The maximum absolute atomic E-state index is 5.55. The summed E-state index contributed by atoms with van der Waals surface area (Å²) in [6, 6.07) is 3.80. The molecule has 0 atom stereocenters. The maximum Gasteiger partial charge on any atom is 0.165 e. The van der Waals surface area contributed by atoms with Gasteiger partial charge in [-0.2, -0.15) is 0 Å². The number of aromatic nitrogens is 1. The van der Waals surface area contributed by atoms with Crippen LogP contribution in [0.3, 0.4) is 0 Å². The lowest BCUT2D eigenvalue weighted by Crippen LogP contribution is -2.23. The van der Waals surface area contributed by atoms with Crippen molar-refractivity contribution >= 4 is 0 Å². The van der Waals surface area contributed by atoms with E-state index < -0.39 is 0 Å². The van der Waals surface area contributed by atoms with Crippen LogP contribution in [0.4, 0.5) is 0 Å². The van der Waals surface area contributed by atoms with Crippen molar-refractivity contribution in [2.45, 2.75) is 12.8 Å². The summed E-state index contributed by atoms with van der Waals surface area (Å²) in [5, 5.41) is 1.98. The van der Waals surface area contributed by atoms with Crippen LogP contribution in [0.25, 0.3) is 0 Å². The fourth-order valence-electron chi connectivity index (χ4n) is 1.33. The lowest BCUT2D eigenvalue weighted by Gasteiger charge is -2.14. The van der Waals surface area contributed by atoms with E-state index in [2.05, 4.69) is 4.98 Å². The zero-order valence-electron chi connectivity index (χ0n) is 6.94. The Balaban J connectivity index is 1.94. The van der Waals surface area contributed by atoms with Crippen molar-refractivity contribution in [3.63, 3.8) is 0 Å². The Morgan fingerprint density at radius 1 is 1.33 bits per heavy atom. The first-order valence-corrected chi connectivity index (χ1v) is 4.28. The average molecular weight is 164 g/mol. The molecule has 64 valence electrons. The van der Waals surface area contributed by atoms with Gasteiger partial charge in [-0.1, -0.05) is 0 Å². The first kappa shape index (κ1) is 7.55. The van der Waals surface area contributed by atoms with Crippen LogP contribution in [0.1, 0.15) is 12.8 Å². The molecule has 0 spiro atoms. The highest BCUT2D eigenvalue weighted by molar-refractivity contribution is 5.14. The van der Waals surface area contributed by atoms with E-state index in [4.69, 9.17) is 4.84 Å². The highest BCUT2D eigenvalue weighted by Gasteiger charge is 2.12. The van der Waals surface area contributed by atoms with Gasteiger partial charge < -0.3 is 4.84 Å². The molecular formula is C9H12N2O. The largest absolute Gasteiger partial charge is 0.404 e. The smallest absolute Gasteiger partial charge is 0.165 e. The molecule has 1 aromatic rings. The predicted octanol–water partition coefficient (Wildman–Crippen LogP) is 1.47. The molecule has 1 aliphatic rings. The minimum Gasteiger partial charge on any atom is -0.404 e. The van der Waals surface area contributed by atoms with Crippen molar-refractivity contribution in [2.75, 3.05) is 13.1 Å². The number of rotatable bonds is 2. The van der Waals surface area contributed by atoms with Crippen LogP contribution in [-0.2, 0) is 0 Å². The van der Waals surface area contributed by atoms with Crippen LogP contribution in [0, 0.1) is 0 Å². The molecule has 1 fully saturated rings. The fourth-order valence-corrected chi connectivity index (χ4v) is 1.33. The molecule has 0 saturated carbocycles. The van der Waals surface area contributed by atoms with Crippen LogP contribution < -0.4 is 4.84 Å². The SMILES string of the molecule is c1cncc(ON2CCCC2)c1. The Morgan fingerprint density at radius 3 is 2.83 bits per heavy atom. The molecule has 0 unspecified atom stereocenters. The Morgan fingerprint density at radius 2 is 2.17 bits per heavy atom. The summed E-state index contributed by atoms with van der Waals surface area (Å²) in [5.74, 6) is 0.833. The Labute approximate surface area is 71.9 Å². The van der Waals surface area contributed by atoms with Gasteiger partial charge in [0, 0.05) is 19.3 Å². The fraction of sp³-hybridized carbons (Fsp3) is 0.444. The van der Waals surface area contributed by atoms with Crippen molar-refractivity contribution < 1.29 is 4.84 Å². The third-order valence-electron chi connectivity index (χ3n) is 1.93. The minimum atomic E-state index is 0.833. The van der Waals surface area contributed by atoms with Gasteiger partial charge in [0.15, 0.2) is 5.75 Å². The van der Waals surface area contributed by atoms with E-state index in [1.165, 1.54) is 12.8 Å². The molecule has 1 aliphatic heterocycles. The van der Waals surface area contributed by atoms with E-state index in [0.29, 0.717) is 0 Å². The van der Waals surface area contributed by atoms with E-state index >= 15 is 0 Å². The van der Waals surface area contributed by atoms with Crippen LogP contribution in [0.2, 0.25) is 0 Å². The van der Waals surface area contributed by atoms with Crippen LogP contribution in [0.5, 0.6) is 5.75 Å². The highest BCUT2D eigenvalue weighted by Crippen LogP contribution is 2.13. The van der Waals surface area contributed by atoms with Gasteiger partial charge in [0.2, 0.25) is 0 Å². The van der Waals surface area contributed by atoms with E-state index in [1.807, 2.05) is 17.2 Å². The van der Waals surface area contributed by atoms with Crippen LogP contribution in [-0.4, -0.2) is 23.1 Å². The molecule has 0 bridgehead atoms. The summed E-state index contributed by atoms with van der Waals surface area (Å²) >= 11 is 0. The van der Waals surface area contributed by atoms with Gasteiger partial charge in [-0.05, 0) is 25.0 Å². The molecule has 1 saturated heterocycles. The van der Waals surface area contributed by atoms with E-state index in [0.717, 1.165) is 18.8 Å². The minimum absolute atomic E-state index is 0.833. The second-order valence-electron chi connectivity index (χ2n) is 2.92. The van der Waals surface area contributed by atoms with Crippen LogP contribution >= 0.6 is 0 Å². The monoisotopic (exact) mass is 164 g/mol. The van der Waals surface area contributed by atoms with Crippen molar-refractivity contribution in [3.05, 3.63) is 24.5 Å². The lowest BCUT2D eigenvalue weighted by molar-refractivity contribution is -0.0350. The summed E-state index contributed by atoms with van der Waals surface area (Å²) in [7, 11) is 0. The van der Waals surface area contributed by atoms with Crippen molar-refractivity contribution in [1.29, 1.82) is 0 Å². The molecule has 0 N–H and O–H groups in total. The van der Waals surface area contributed by atoms with E-state index in [1.54, 1.807) is 12.4 Å². The number of nitrogens with zero attached hydrogens (tertiary/aromatic N) is 2. The first-order chi connectivity index (χ1) is 5.95. The van der Waals surface area contributed by atoms with Gasteiger partial charge in [-0.3, -0.25) is 4.98 Å². The molecule has 3 nitrogen and oxygen atoms in total. The Kier molecular flexibility index (Phi) is 2.23. The van der Waals surface area contributed by atoms with Gasteiger partial charge in [-0.25, -0.2) is 0 Å². The van der Waals surface area contributed by atoms with Crippen molar-refractivity contribution in [2.24, 2.45) is 0 Å². The van der Waals surface area contributed by atoms with Gasteiger partial charge in [-0.15, -0.1) is 5.06 Å². The molecular weight excluding hydrogens is 152 g/mol. The standard InChI is InChI=1S/C9H12N2O/c1-2-7-11(6-1)12-9-4-3-5-10-8-9/h3-5,8H,1-2,6-7H2. The number of hydrogen-bond donors (Lipinski definition) is 0. The lowest BCUT2D eigenvalue weighted by atomic mass is 10.4. The molecule has 12 heavy (non-hydrogen) atoms. The molecule has 0 aromatic carbocycles. The van der Waals surface area contributed by atoms with E-state index in [-0.39, 0.29) is 0 Å². The molecule has 3 heteroatoms. The predicted molar refractivity (Wildman–Crippen MR) is 45.7 cm³/mol. The average Bonchev–Trinajstić information content (AvgIpc) is 2.59. The van der Waals surface area contributed by atoms with Crippen LogP contribution in [0.15, 0.2) is 24.5 Å². The highest BCUT2D eigenvalue weighted by atomic mass is 16.7. The second-order valence-corrected chi connectivity index (χ2v) is 2.92. The van der Waals surface area contributed by atoms with E-state index in [9.17, 15) is 0 Å². The summed E-state index contributed by atoms with van der Waals surface area (Å²) in [5.41, 5.74) is 0. The Bertz CT molecular complexity index is 232. The van der Waals surface area contributed by atoms with Gasteiger partial charge >= 0.3 is 0 Å². The molecule has 1 aromatic heterocycles. The van der Waals surface area contributed by atoms with Gasteiger partial charge in [0.1, 0.15) is 0 Å². The maximum atomic E-state index is 5.55.